The maximum absolute atomic E-state index is 6.02. The van der Waals surface area contributed by atoms with Crippen LogP contribution in [0, 0.1) is 0 Å². The molecule has 0 bridgehead atoms. The highest BCUT2D eigenvalue weighted by Gasteiger charge is 2.58. The van der Waals surface area contributed by atoms with Gasteiger partial charge in [0.1, 0.15) is 24.4 Å². The molecule has 7 nitrogen and oxygen atoms in total. The lowest BCUT2D eigenvalue weighted by atomic mass is 10.1. The van der Waals surface area contributed by atoms with Crippen molar-refractivity contribution in [1.82, 2.24) is 0 Å². The zero-order valence-corrected chi connectivity index (χ0v) is 13.9. The van der Waals surface area contributed by atoms with E-state index in [9.17, 15) is 0 Å². The first kappa shape index (κ1) is 16.6. The summed E-state index contributed by atoms with van der Waals surface area (Å²) >= 11 is 0. The molecule has 0 radical (unpaired) electrons. The fourth-order valence-corrected chi connectivity index (χ4v) is 3.14. The van der Waals surface area contributed by atoms with Crippen molar-refractivity contribution in [3.8, 4) is 0 Å². The average molecular weight is 318 g/mol. The van der Waals surface area contributed by atoms with Gasteiger partial charge in [0.2, 0.25) is 0 Å². The molecule has 3 fully saturated rings. The van der Waals surface area contributed by atoms with Crippen molar-refractivity contribution < 1.29 is 33.2 Å². The standard InChI is InChI=1S/C15H26O7/c1-14(2)18-8-9(20-14)10-11(17-7-6-16-5)12-13(19-10)22-15(3,4)21-12/h9-13H,6-8H2,1-5H3/t9-,10-,11-,12-,13-/m1/s1. The monoisotopic (exact) mass is 318 g/mol. The van der Waals surface area contributed by atoms with Crippen molar-refractivity contribution in [3.63, 3.8) is 0 Å². The van der Waals surface area contributed by atoms with E-state index in [1.54, 1.807) is 7.11 Å². The zero-order valence-electron chi connectivity index (χ0n) is 13.9. The van der Waals surface area contributed by atoms with Gasteiger partial charge >= 0.3 is 0 Å². The molecule has 7 heteroatoms. The molecule has 3 heterocycles. The summed E-state index contributed by atoms with van der Waals surface area (Å²) < 4.78 is 40.3. The highest BCUT2D eigenvalue weighted by molar-refractivity contribution is 4.98. The van der Waals surface area contributed by atoms with Gasteiger partial charge in [0, 0.05) is 7.11 Å². The normalized spacial score (nSPS) is 42.7. The second kappa shape index (κ2) is 5.98. The predicted molar refractivity (Wildman–Crippen MR) is 75.2 cm³/mol. The van der Waals surface area contributed by atoms with Crippen LogP contribution in [0.4, 0.5) is 0 Å². The lowest BCUT2D eigenvalue weighted by Gasteiger charge is -2.29. The molecule has 3 saturated heterocycles. The quantitative estimate of drug-likeness (QED) is 0.702. The molecule has 0 aromatic heterocycles. The Balaban J connectivity index is 1.69. The predicted octanol–water partition coefficient (Wildman–Crippen LogP) is 1.05. The molecule has 0 amide bonds. The Labute approximate surface area is 131 Å². The van der Waals surface area contributed by atoms with E-state index in [4.69, 9.17) is 33.2 Å². The summed E-state index contributed by atoms with van der Waals surface area (Å²) in [4.78, 5) is 0. The van der Waals surface area contributed by atoms with E-state index in [1.807, 2.05) is 27.7 Å². The van der Waals surface area contributed by atoms with E-state index in [2.05, 4.69) is 0 Å². The van der Waals surface area contributed by atoms with Crippen molar-refractivity contribution >= 4 is 0 Å². The molecular formula is C15H26O7. The van der Waals surface area contributed by atoms with Crippen LogP contribution in [-0.4, -0.2) is 69.2 Å². The fourth-order valence-electron chi connectivity index (χ4n) is 3.14. The van der Waals surface area contributed by atoms with Crippen molar-refractivity contribution in [2.24, 2.45) is 0 Å². The molecule has 3 rings (SSSR count). The van der Waals surface area contributed by atoms with E-state index in [-0.39, 0.29) is 24.4 Å². The van der Waals surface area contributed by atoms with Crippen LogP contribution in [0.15, 0.2) is 0 Å². The van der Waals surface area contributed by atoms with E-state index < -0.39 is 17.9 Å². The Morgan fingerprint density at radius 2 is 1.73 bits per heavy atom. The van der Waals surface area contributed by atoms with Crippen molar-refractivity contribution in [2.45, 2.75) is 70.0 Å². The van der Waals surface area contributed by atoms with Gasteiger partial charge in [-0.3, -0.25) is 0 Å². The minimum atomic E-state index is -0.671. The SMILES string of the molecule is COCCO[C@H]1[C@H]2OC(C)(C)O[C@H]2O[C@@H]1[C@H]1COC(C)(C)O1. The van der Waals surface area contributed by atoms with E-state index >= 15 is 0 Å². The molecular weight excluding hydrogens is 292 g/mol. The summed E-state index contributed by atoms with van der Waals surface area (Å²) in [6, 6.07) is 0. The zero-order chi connectivity index (χ0) is 16.0. The van der Waals surface area contributed by atoms with Gasteiger partial charge in [0.15, 0.2) is 17.9 Å². The summed E-state index contributed by atoms with van der Waals surface area (Å²) in [5.74, 6) is -1.28. The average Bonchev–Trinajstić information content (AvgIpc) is 3.01. The first-order valence-electron chi connectivity index (χ1n) is 7.75. The number of fused-ring (bicyclic) bond motifs is 1. The number of ether oxygens (including phenoxy) is 7. The smallest absolute Gasteiger partial charge is 0.190 e. The van der Waals surface area contributed by atoms with Gasteiger partial charge in [0.05, 0.1) is 19.8 Å². The summed E-state index contributed by atoms with van der Waals surface area (Å²) in [6.07, 6.45) is -1.48. The van der Waals surface area contributed by atoms with E-state index in [0.29, 0.717) is 19.8 Å². The Kier molecular flexibility index (Phi) is 4.50. The molecule has 0 saturated carbocycles. The molecule has 0 spiro atoms. The second-order valence-electron chi connectivity index (χ2n) is 6.76. The van der Waals surface area contributed by atoms with Crippen LogP contribution >= 0.6 is 0 Å². The molecule has 22 heavy (non-hydrogen) atoms. The first-order chi connectivity index (χ1) is 10.3. The Morgan fingerprint density at radius 1 is 0.955 bits per heavy atom. The molecule has 5 atom stereocenters. The fraction of sp³-hybridized carbons (Fsp3) is 1.00. The summed E-state index contributed by atoms with van der Waals surface area (Å²) in [5.41, 5.74) is 0. The van der Waals surface area contributed by atoms with Gasteiger partial charge in [-0.1, -0.05) is 0 Å². The molecule has 3 aliphatic rings. The summed E-state index contributed by atoms with van der Waals surface area (Å²) in [6.45, 7) is 8.95. The third kappa shape index (κ3) is 3.31. The van der Waals surface area contributed by atoms with Crippen LogP contribution in [0.1, 0.15) is 27.7 Å². The van der Waals surface area contributed by atoms with Crippen molar-refractivity contribution in [2.75, 3.05) is 26.9 Å². The molecule has 3 aliphatic heterocycles. The van der Waals surface area contributed by atoms with Crippen LogP contribution in [0.5, 0.6) is 0 Å². The van der Waals surface area contributed by atoms with Gasteiger partial charge in [-0.2, -0.15) is 0 Å². The van der Waals surface area contributed by atoms with Crippen molar-refractivity contribution in [3.05, 3.63) is 0 Å². The highest BCUT2D eigenvalue weighted by Crippen LogP contribution is 2.41. The number of hydrogen-bond acceptors (Lipinski definition) is 7. The Bertz CT molecular complexity index is 397. The third-order valence-electron chi connectivity index (χ3n) is 4.02. The molecule has 0 aromatic carbocycles. The van der Waals surface area contributed by atoms with Crippen LogP contribution in [-0.2, 0) is 33.2 Å². The minimum absolute atomic E-state index is 0.205. The van der Waals surface area contributed by atoms with E-state index in [0.717, 1.165) is 0 Å². The van der Waals surface area contributed by atoms with Gasteiger partial charge in [-0.25, -0.2) is 0 Å². The number of rotatable bonds is 5. The van der Waals surface area contributed by atoms with Crippen LogP contribution < -0.4 is 0 Å². The largest absolute Gasteiger partial charge is 0.382 e. The molecule has 0 unspecified atom stereocenters. The third-order valence-corrected chi connectivity index (χ3v) is 4.02. The lowest BCUT2D eigenvalue weighted by molar-refractivity contribution is -0.236. The van der Waals surface area contributed by atoms with Gasteiger partial charge in [-0.05, 0) is 27.7 Å². The number of methoxy groups -OCH3 is 1. The molecule has 0 aliphatic carbocycles. The second-order valence-corrected chi connectivity index (χ2v) is 6.76. The van der Waals surface area contributed by atoms with Crippen LogP contribution in [0.25, 0.3) is 0 Å². The summed E-state index contributed by atoms with van der Waals surface area (Å²) in [5, 5.41) is 0. The lowest BCUT2D eigenvalue weighted by Crippen LogP contribution is -2.44. The maximum Gasteiger partial charge on any atom is 0.190 e. The first-order valence-corrected chi connectivity index (χ1v) is 7.75. The Morgan fingerprint density at radius 3 is 2.36 bits per heavy atom. The molecule has 0 aromatic rings. The van der Waals surface area contributed by atoms with E-state index in [1.165, 1.54) is 0 Å². The van der Waals surface area contributed by atoms with Crippen molar-refractivity contribution in [1.29, 1.82) is 0 Å². The summed E-state index contributed by atoms with van der Waals surface area (Å²) in [7, 11) is 1.64. The van der Waals surface area contributed by atoms with Crippen LogP contribution in [0.2, 0.25) is 0 Å². The Hall–Kier alpha value is -0.280. The number of hydrogen-bond donors (Lipinski definition) is 0. The topological polar surface area (TPSA) is 64.6 Å². The maximum atomic E-state index is 6.02. The molecule has 128 valence electrons. The minimum Gasteiger partial charge on any atom is -0.382 e. The molecule has 0 N–H and O–H groups in total. The highest BCUT2D eigenvalue weighted by atomic mass is 16.8. The van der Waals surface area contributed by atoms with Gasteiger partial charge in [0.25, 0.3) is 0 Å². The van der Waals surface area contributed by atoms with Gasteiger partial charge < -0.3 is 33.2 Å². The van der Waals surface area contributed by atoms with Gasteiger partial charge in [-0.15, -0.1) is 0 Å². The van der Waals surface area contributed by atoms with Crippen LogP contribution in [0.3, 0.4) is 0 Å².